The highest BCUT2D eigenvalue weighted by Gasteiger charge is 2.07. The lowest BCUT2D eigenvalue weighted by Crippen LogP contribution is -1.94. The van der Waals surface area contributed by atoms with Gasteiger partial charge in [0.05, 0.1) is 5.56 Å². The fraction of sp³-hybridized carbons (Fsp3) is 0. The van der Waals surface area contributed by atoms with Gasteiger partial charge in [0.15, 0.2) is 0 Å². The lowest BCUT2D eigenvalue weighted by atomic mass is 10.2. The Morgan fingerprint density at radius 3 is 3.00 bits per heavy atom. The van der Waals surface area contributed by atoms with E-state index in [-0.39, 0.29) is 0 Å². The van der Waals surface area contributed by atoms with E-state index in [9.17, 15) is 4.79 Å². The molecule has 0 amide bonds. The fourth-order valence-electron chi connectivity index (χ4n) is 0.684. The monoisotopic (exact) mass is 232 g/mol. The van der Waals surface area contributed by atoms with Crippen molar-refractivity contribution in [3.63, 3.8) is 0 Å². The number of hydrogen-bond donors (Lipinski definition) is 1. The van der Waals surface area contributed by atoms with Crippen molar-refractivity contribution in [1.29, 1.82) is 0 Å². The molecule has 11 heavy (non-hydrogen) atoms. The van der Waals surface area contributed by atoms with Gasteiger partial charge in [-0.05, 0) is 22.5 Å². The average molecular weight is 233 g/mol. The summed E-state index contributed by atoms with van der Waals surface area (Å²) in [5, 5.41) is 10.4. The molecule has 0 spiro atoms. The van der Waals surface area contributed by atoms with Crippen LogP contribution in [0.15, 0.2) is 16.4 Å². The molecule has 0 aromatic carbocycles. The Balaban J connectivity index is 3.05. The summed E-state index contributed by atoms with van der Waals surface area (Å²) in [6, 6.07) is 1.59. The van der Waals surface area contributed by atoms with Gasteiger partial charge in [-0.15, -0.1) is 11.3 Å². The Morgan fingerprint density at radius 2 is 2.45 bits per heavy atom. The number of rotatable bonds is 2. The van der Waals surface area contributed by atoms with E-state index in [1.54, 1.807) is 22.5 Å². The second-order valence-corrected chi connectivity index (χ2v) is 3.27. The van der Waals surface area contributed by atoms with Crippen LogP contribution in [0.4, 0.5) is 0 Å². The van der Waals surface area contributed by atoms with Crippen LogP contribution in [-0.2, 0) is 0 Å². The second-order valence-electron chi connectivity index (χ2n) is 1.80. The van der Waals surface area contributed by atoms with Crippen molar-refractivity contribution in [2.45, 2.75) is 0 Å². The Morgan fingerprint density at radius 1 is 1.73 bits per heavy atom. The molecule has 0 aliphatic rings. The van der Waals surface area contributed by atoms with Crippen LogP contribution in [0.5, 0.6) is 0 Å². The largest absolute Gasteiger partial charge is 0.478 e. The number of hydrogen-bond acceptors (Lipinski definition) is 2. The molecule has 0 fully saturated rings. The number of carboxylic acid groups (broad SMARTS) is 1. The maximum Gasteiger partial charge on any atom is 0.337 e. The molecule has 0 bridgehead atoms. The van der Waals surface area contributed by atoms with Crippen molar-refractivity contribution in [3.8, 4) is 0 Å². The molecule has 4 heteroatoms. The zero-order valence-electron chi connectivity index (χ0n) is 5.45. The van der Waals surface area contributed by atoms with Crippen molar-refractivity contribution < 1.29 is 9.90 Å². The molecule has 0 unspecified atom stereocenters. The average Bonchev–Trinajstić information content (AvgIpc) is 2.36. The molecule has 0 saturated heterocycles. The van der Waals surface area contributed by atoms with Gasteiger partial charge in [-0.2, -0.15) is 0 Å². The lowest BCUT2D eigenvalue weighted by Gasteiger charge is -1.88. The number of thiophene rings is 1. The quantitative estimate of drug-likeness (QED) is 0.852. The first kappa shape index (κ1) is 8.49. The van der Waals surface area contributed by atoms with Crippen LogP contribution in [0, 0.1) is 0 Å². The third-order valence-electron chi connectivity index (χ3n) is 1.14. The Hall–Kier alpha value is -0.610. The summed E-state index contributed by atoms with van der Waals surface area (Å²) in [4.78, 5) is 12.9. The standard InChI is InChI=1S/C7H5BrO2S/c8-3-1-6-5(7(9)10)2-4-11-6/h1-4H,(H,9,10)/b3-1+. The molecular weight excluding hydrogens is 228 g/mol. The van der Waals surface area contributed by atoms with E-state index in [1.165, 1.54) is 11.3 Å². The zero-order valence-corrected chi connectivity index (χ0v) is 7.85. The molecule has 0 saturated carbocycles. The van der Waals surface area contributed by atoms with Crippen molar-refractivity contribution in [2.75, 3.05) is 0 Å². The minimum atomic E-state index is -0.883. The number of aromatic carboxylic acids is 1. The molecule has 1 aromatic heterocycles. The first-order valence-electron chi connectivity index (χ1n) is 2.83. The Bertz CT molecular complexity index is 290. The summed E-state index contributed by atoms with van der Waals surface area (Å²) in [5.74, 6) is -0.883. The van der Waals surface area contributed by atoms with Crippen LogP contribution >= 0.6 is 27.3 Å². The van der Waals surface area contributed by atoms with E-state index >= 15 is 0 Å². The van der Waals surface area contributed by atoms with E-state index in [2.05, 4.69) is 15.9 Å². The Kier molecular flexibility index (Phi) is 2.84. The lowest BCUT2D eigenvalue weighted by molar-refractivity contribution is 0.0697. The third-order valence-corrected chi connectivity index (χ3v) is 2.29. The first-order valence-corrected chi connectivity index (χ1v) is 4.63. The zero-order chi connectivity index (χ0) is 8.27. The SMILES string of the molecule is O=C(O)c1ccsc1/C=C/Br. The van der Waals surface area contributed by atoms with Crippen LogP contribution in [0.2, 0.25) is 0 Å². The van der Waals surface area contributed by atoms with Crippen molar-refractivity contribution >= 4 is 39.3 Å². The van der Waals surface area contributed by atoms with E-state index in [1.807, 2.05) is 0 Å². The van der Waals surface area contributed by atoms with Gasteiger partial charge in [0.25, 0.3) is 0 Å². The van der Waals surface area contributed by atoms with Gasteiger partial charge in [0.1, 0.15) is 0 Å². The van der Waals surface area contributed by atoms with Gasteiger partial charge < -0.3 is 5.11 Å². The van der Waals surface area contributed by atoms with Gasteiger partial charge in [-0.3, -0.25) is 0 Å². The summed E-state index contributed by atoms with van der Waals surface area (Å²) >= 11 is 4.49. The van der Waals surface area contributed by atoms with E-state index < -0.39 is 5.97 Å². The van der Waals surface area contributed by atoms with Gasteiger partial charge in [0.2, 0.25) is 0 Å². The molecule has 0 aliphatic heterocycles. The predicted molar refractivity (Wildman–Crippen MR) is 49.2 cm³/mol. The van der Waals surface area contributed by atoms with E-state index in [0.29, 0.717) is 5.56 Å². The molecule has 1 rings (SSSR count). The predicted octanol–water partition coefficient (Wildman–Crippen LogP) is 2.81. The Labute approximate surface area is 76.3 Å². The highest BCUT2D eigenvalue weighted by Crippen LogP contribution is 2.18. The van der Waals surface area contributed by atoms with E-state index in [4.69, 9.17) is 5.11 Å². The molecule has 1 aromatic rings. The number of carboxylic acids is 1. The highest BCUT2D eigenvalue weighted by molar-refractivity contribution is 9.11. The number of carbonyl (C=O) groups is 1. The minimum absolute atomic E-state index is 0.353. The molecule has 0 atom stereocenters. The van der Waals surface area contributed by atoms with Crippen molar-refractivity contribution in [3.05, 3.63) is 26.9 Å². The van der Waals surface area contributed by atoms with Crippen LogP contribution < -0.4 is 0 Å². The minimum Gasteiger partial charge on any atom is -0.478 e. The number of halogens is 1. The van der Waals surface area contributed by atoms with Crippen LogP contribution in [0.1, 0.15) is 15.2 Å². The molecule has 0 radical (unpaired) electrons. The van der Waals surface area contributed by atoms with Gasteiger partial charge in [-0.1, -0.05) is 15.9 Å². The van der Waals surface area contributed by atoms with E-state index in [0.717, 1.165) is 4.88 Å². The van der Waals surface area contributed by atoms with Crippen LogP contribution in [0.3, 0.4) is 0 Å². The fourth-order valence-corrected chi connectivity index (χ4v) is 1.90. The summed E-state index contributed by atoms with van der Waals surface area (Å²) in [5.41, 5.74) is 0.353. The molecular formula is C7H5BrO2S. The maximum absolute atomic E-state index is 10.5. The smallest absolute Gasteiger partial charge is 0.337 e. The molecule has 1 N–H and O–H groups in total. The summed E-state index contributed by atoms with van der Waals surface area (Å²) in [6.45, 7) is 0. The van der Waals surface area contributed by atoms with Crippen molar-refractivity contribution in [2.24, 2.45) is 0 Å². The van der Waals surface area contributed by atoms with Gasteiger partial charge in [-0.25, -0.2) is 4.79 Å². The summed E-state index contributed by atoms with van der Waals surface area (Å²) in [6.07, 6.45) is 1.72. The molecule has 2 nitrogen and oxygen atoms in total. The highest BCUT2D eigenvalue weighted by atomic mass is 79.9. The molecule has 0 aliphatic carbocycles. The normalized spacial score (nSPS) is 10.6. The first-order chi connectivity index (χ1) is 5.25. The molecule has 1 heterocycles. The summed E-state index contributed by atoms with van der Waals surface area (Å²) < 4.78 is 0. The second kappa shape index (κ2) is 3.69. The maximum atomic E-state index is 10.5. The summed E-state index contributed by atoms with van der Waals surface area (Å²) in [7, 11) is 0. The topological polar surface area (TPSA) is 37.3 Å². The van der Waals surface area contributed by atoms with Crippen LogP contribution in [0.25, 0.3) is 6.08 Å². The van der Waals surface area contributed by atoms with Crippen molar-refractivity contribution in [1.82, 2.24) is 0 Å². The van der Waals surface area contributed by atoms with Gasteiger partial charge >= 0.3 is 5.97 Å². The van der Waals surface area contributed by atoms with Gasteiger partial charge in [0, 0.05) is 4.88 Å². The molecule has 58 valence electrons. The third kappa shape index (κ3) is 1.91. The van der Waals surface area contributed by atoms with Crippen LogP contribution in [-0.4, -0.2) is 11.1 Å².